The van der Waals surface area contributed by atoms with Gasteiger partial charge in [-0.3, -0.25) is 0 Å². The lowest BCUT2D eigenvalue weighted by Crippen LogP contribution is -2.12. The van der Waals surface area contributed by atoms with E-state index in [0.717, 1.165) is 5.75 Å². The molecule has 0 bridgehead atoms. The second-order valence-electron chi connectivity index (χ2n) is 2.65. The van der Waals surface area contributed by atoms with Crippen LogP contribution >= 0.6 is 11.8 Å². The molecule has 0 aliphatic carbocycles. The van der Waals surface area contributed by atoms with Crippen molar-refractivity contribution >= 4 is 17.7 Å². The van der Waals surface area contributed by atoms with Crippen LogP contribution in [0.1, 0.15) is 29.0 Å². The summed E-state index contributed by atoms with van der Waals surface area (Å²) in [4.78, 5) is 14.1. The second-order valence-corrected chi connectivity index (χ2v) is 3.63. The number of nitrogens with two attached hydrogens (primary N) is 1. The Kier molecular flexibility index (Phi) is 3.90. The average Bonchev–Trinajstić information content (AvgIpc) is 2.62. The summed E-state index contributed by atoms with van der Waals surface area (Å²) in [5, 5.41) is 11.8. The van der Waals surface area contributed by atoms with Crippen molar-refractivity contribution in [2.75, 3.05) is 12.0 Å². The number of carbonyl (C=O) groups is 1. The topological polar surface area (TPSA) is 102 Å². The zero-order chi connectivity index (χ0) is 10.6. The Bertz CT molecular complexity index is 315. The van der Waals surface area contributed by atoms with E-state index in [-0.39, 0.29) is 17.8 Å². The third-order valence-corrected chi connectivity index (χ3v) is 2.23. The minimum atomic E-state index is -1.21. The maximum atomic E-state index is 10.4. The Morgan fingerprint density at radius 3 is 3.00 bits per heavy atom. The number of rotatable bonds is 5. The van der Waals surface area contributed by atoms with E-state index in [0.29, 0.717) is 6.42 Å². The van der Waals surface area contributed by atoms with E-state index < -0.39 is 5.97 Å². The molecule has 0 fully saturated rings. The van der Waals surface area contributed by atoms with Crippen LogP contribution in [-0.2, 0) is 0 Å². The van der Waals surface area contributed by atoms with Gasteiger partial charge in [-0.1, -0.05) is 0 Å². The van der Waals surface area contributed by atoms with E-state index in [1.807, 2.05) is 6.26 Å². The van der Waals surface area contributed by atoms with Gasteiger partial charge in [-0.05, 0) is 23.6 Å². The first-order valence-corrected chi connectivity index (χ1v) is 5.36. The number of carboxylic acids is 1. The first-order chi connectivity index (χ1) is 6.65. The molecule has 0 saturated carbocycles. The second kappa shape index (κ2) is 4.97. The van der Waals surface area contributed by atoms with Crippen molar-refractivity contribution in [1.29, 1.82) is 0 Å². The van der Waals surface area contributed by atoms with Gasteiger partial charge in [0.05, 0.1) is 6.04 Å². The fraction of sp³-hybridized carbons (Fsp3) is 0.571. The van der Waals surface area contributed by atoms with E-state index >= 15 is 0 Å². The molecule has 0 unspecified atom stereocenters. The van der Waals surface area contributed by atoms with Gasteiger partial charge in [0.1, 0.15) is 0 Å². The molecule has 0 aromatic carbocycles. The zero-order valence-corrected chi connectivity index (χ0v) is 8.45. The van der Waals surface area contributed by atoms with Gasteiger partial charge in [-0.2, -0.15) is 16.7 Å². The van der Waals surface area contributed by atoms with Crippen molar-refractivity contribution in [3.63, 3.8) is 0 Å². The lowest BCUT2D eigenvalue weighted by molar-refractivity contribution is 0.0680. The number of nitrogens with zero attached hydrogens (tertiary/aromatic N) is 2. The van der Waals surface area contributed by atoms with Crippen molar-refractivity contribution in [3.8, 4) is 0 Å². The molecule has 1 heterocycles. The van der Waals surface area contributed by atoms with Gasteiger partial charge < -0.3 is 15.4 Å². The zero-order valence-electron chi connectivity index (χ0n) is 7.64. The summed E-state index contributed by atoms with van der Waals surface area (Å²) in [7, 11) is 0. The fourth-order valence-electron chi connectivity index (χ4n) is 0.841. The van der Waals surface area contributed by atoms with Gasteiger partial charge in [0.25, 0.3) is 5.82 Å². The van der Waals surface area contributed by atoms with Gasteiger partial charge in [-0.25, -0.2) is 4.79 Å². The molecule has 0 spiro atoms. The molecular weight excluding hydrogens is 206 g/mol. The minimum Gasteiger partial charge on any atom is -0.475 e. The Balaban J connectivity index is 2.61. The average molecular weight is 217 g/mol. The highest BCUT2D eigenvalue weighted by Gasteiger charge is 2.17. The van der Waals surface area contributed by atoms with E-state index in [1.54, 1.807) is 11.8 Å². The molecule has 7 heteroatoms. The molecule has 78 valence electrons. The number of aromatic nitrogens is 2. The molecule has 0 aliphatic heterocycles. The van der Waals surface area contributed by atoms with Gasteiger partial charge >= 0.3 is 5.97 Å². The fourth-order valence-corrected chi connectivity index (χ4v) is 1.33. The SMILES string of the molecule is CSCC[C@@H](N)c1nc(C(=O)O)no1. The monoisotopic (exact) mass is 217 g/mol. The first-order valence-electron chi connectivity index (χ1n) is 3.96. The van der Waals surface area contributed by atoms with Crippen LogP contribution in [0.15, 0.2) is 4.52 Å². The van der Waals surface area contributed by atoms with Crippen LogP contribution < -0.4 is 5.73 Å². The summed E-state index contributed by atoms with van der Waals surface area (Å²) >= 11 is 1.65. The van der Waals surface area contributed by atoms with E-state index in [4.69, 9.17) is 15.4 Å². The maximum absolute atomic E-state index is 10.4. The summed E-state index contributed by atoms with van der Waals surface area (Å²) in [6.45, 7) is 0. The lowest BCUT2D eigenvalue weighted by atomic mass is 10.2. The smallest absolute Gasteiger partial charge is 0.377 e. The van der Waals surface area contributed by atoms with Crippen molar-refractivity contribution in [2.24, 2.45) is 5.73 Å². The highest BCUT2D eigenvalue weighted by atomic mass is 32.2. The molecule has 1 rings (SSSR count). The number of thioether (sulfide) groups is 1. The van der Waals surface area contributed by atoms with Crippen molar-refractivity contribution in [2.45, 2.75) is 12.5 Å². The van der Waals surface area contributed by atoms with Crippen LogP contribution in [0.5, 0.6) is 0 Å². The van der Waals surface area contributed by atoms with Crippen molar-refractivity contribution < 1.29 is 14.4 Å². The number of hydrogen-bond donors (Lipinski definition) is 2. The van der Waals surface area contributed by atoms with E-state index in [1.165, 1.54) is 0 Å². The summed E-state index contributed by atoms with van der Waals surface area (Å²) in [5.41, 5.74) is 5.69. The quantitative estimate of drug-likeness (QED) is 0.741. The van der Waals surface area contributed by atoms with Crippen LogP contribution in [0, 0.1) is 0 Å². The third kappa shape index (κ3) is 2.71. The van der Waals surface area contributed by atoms with Gasteiger partial charge in [0.2, 0.25) is 5.89 Å². The minimum absolute atomic E-state index is 0.177. The van der Waals surface area contributed by atoms with Crippen LogP contribution in [0.25, 0.3) is 0 Å². The van der Waals surface area contributed by atoms with Gasteiger partial charge in [-0.15, -0.1) is 0 Å². The van der Waals surface area contributed by atoms with Crippen LogP contribution in [-0.4, -0.2) is 33.2 Å². The summed E-state index contributed by atoms with van der Waals surface area (Å²) in [5.74, 6) is -0.514. The van der Waals surface area contributed by atoms with E-state index in [2.05, 4.69) is 10.1 Å². The standard InChI is InChI=1S/C7H11N3O3S/c1-14-3-2-4(8)6-9-5(7(11)12)10-13-6/h4H,2-3,8H2,1H3,(H,11,12)/t4-/m1/s1. The molecule has 1 aromatic rings. The molecule has 0 amide bonds. The van der Waals surface area contributed by atoms with Crippen LogP contribution in [0.3, 0.4) is 0 Å². The van der Waals surface area contributed by atoms with Crippen molar-refractivity contribution in [3.05, 3.63) is 11.7 Å². The maximum Gasteiger partial charge on any atom is 0.377 e. The Labute approximate surface area is 84.9 Å². The summed E-state index contributed by atoms with van der Waals surface area (Å²) in [6, 6.07) is -0.386. The largest absolute Gasteiger partial charge is 0.475 e. The Morgan fingerprint density at radius 2 is 2.50 bits per heavy atom. The predicted molar refractivity (Wildman–Crippen MR) is 51.2 cm³/mol. The Hall–Kier alpha value is -1.08. The molecule has 1 atom stereocenters. The highest BCUT2D eigenvalue weighted by Crippen LogP contribution is 2.13. The molecule has 14 heavy (non-hydrogen) atoms. The molecule has 3 N–H and O–H groups in total. The molecule has 0 aliphatic rings. The first kappa shape index (κ1) is 11.0. The number of hydrogen-bond acceptors (Lipinski definition) is 6. The van der Waals surface area contributed by atoms with E-state index in [9.17, 15) is 4.79 Å². The number of aromatic carboxylic acids is 1. The van der Waals surface area contributed by atoms with Gasteiger partial charge in [0, 0.05) is 0 Å². The summed E-state index contributed by atoms with van der Waals surface area (Å²) in [6.07, 6.45) is 2.64. The molecule has 0 radical (unpaired) electrons. The Morgan fingerprint density at radius 1 is 1.79 bits per heavy atom. The third-order valence-electron chi connectivity index (χ3n) is 1.58. The predicted octanol–water partition coefficient (Wildman–Crippen LogP) is 0.521. The molecular formula is C7H11N3O3S. The molecule has 6 nitrogen and oxygen atoms in total. The van der Waals surface area contributed by atoms with Crippen LogP contribution in [0.4, 0.5) is 0 Å². The van der Waals surface area contributed by atoms with Gasteiger partial charge in [0.15, 0.2) is 0 Å². The normalized spacial score (nSPS) is 12.7. The number of carboxylic acid groups (broad SMARTS) is 1. The lowest BCUT2D eigenvalue weighted by Gasteiger charge is -2.03. The van der Waals surface area contributed by atoms with Crippen molar-refractivity contribution in [1.82, 2.24) is 10.1 Å². The molecule has 0 saturated heterocycles. The summed E-state index contributed by atoms with van der Waals surface area (Å²) < 4.78 is 4.71. The molecule has 1 aromatic heterocycles. The highest BCUT2D eigenvalue weighted by molar-refractivity contribution is 7.98. The van der Waals surface area contributed by atoms with Crippen LogP contribution in [0.2, 0.25) is 0 Å².